The van der Waals surface area contributed by atoms with Crippen LogP contribution in [-0.2, 0) is 4.79 Å². The molecule has 2 rings (SSSR count). The van der Waals surface area contributed by atoms with E-state index in [2.05, 4.69) is 10.3 Å². The van der Waals surface area contributed by atoms with Gasteiger partial charge in [-0.2, -0.15) is 0 Å². The molecular weight excluding hydrogens is 371 g/mol. The molecule has 1 heterocycles. The maximum Gasteiger partial charge on any atom is 1.00 e. The van der Waals surface area contributed by atoms with Gasteiger partial charge in [-0.1, -0.05) is 0 Å². The van der Waals surface area contributed by atoms with Crippen molar-refractivity contribution in [3.63, 3.8) is 0 Å². The summed E-state index contributed by atoms with van der Waals surface area (Å²) >= 11 is 0.776. The van der Waals surface area contributed by atoms with Crippen LogP contribution in [0.2, 0.25) is 0 Å². The smallest absolute Gasteiger partial charge is 1.00 e. The van der Waals surface area contributed by atoms with Gasteiger partial charge in [0.05, 0.1) is 32.0 Å². The van der Waals surface area contributed by atoms with Crippen molar-refractivity contribution in [1.82, 2.24) is 4.98 Å². The number of carboxylic acid groups (broad SMARTS) is 1. The molecule has 0 atom stereocenters. The number of aromatic nitrogens is 1. The van der Waals surface area contributed by atoms with Crippen molar-refractivity contribution in [3.8, 4) is 11.5 Å². The van der Waals surface area contributed by atoms with Gasteiger partial charge >= 0.3 is 57.4 Å². The van der Waals surface area contributed by atoms with Crippen molar-refractivity contribution in [1.29, 1.82) is 0 Å². The molecule has 0 bridgehead atoms. The number of rotatable bonds is 7. The van der Waals surface area contributed by atoms with E-state index in [0.29, 0.717) is 17.2 Å². The minimum atomic E-state index is -1.12. The van der Waals surface area contributed by atoms with Crippen LogP contribution in [0.4, 0.5) is 5.69 Å². The summed E-state index contributed by atoms with van der Waals surface area (Å²) in [4.78, 5) is 27.2. The topological polar surface area (TPSA) is 97.8 Å². The number of carbonyl (C=O) groups excluding carboxylic acids is 1. The third-order valence-corrected chi connectivity index (χ3v) is 3.93. The van der Waals surface area contributed by atoms with Crippen LogP contribution in [0.3, 0.4) is 0 Å². The molecule has 0 unspecified atom stereocenters. The maximum atomic E-state index is 12.1. The van der Waals surface area contributed by atoms with E-state index in [1.807, 2.05) is 0 Å². The first-order valence-corrected chi connectivity index (χ1v) is 7.71. The van der Waals surface area contributed by atoms with Gasteiger partial charge in [0.1, 0.15) is 16.5 Å². The van der Waals surface area contributed by atoms with E-state index in [9.17, 15) is 9.59 Å². The molecule has 2 aromatic rings. The molecule has 0 fully saturated rings. The Balaban J connectivity index is 0.00000312. The fourth-order valence-corrected chi connectivity index (χ4v) is 2.64. The van der Waals surface area contributed by atoms with Crippen LogP contribution in [0, 0.1) is 0 Å². The summed E-state index contributed by atoms with van der Waals surface area (Å²) in [5.41, 5.74) is 0.597. The number of carbonyl (C=O) groups is 2. The zero-order valence-electron chi connectivity index (χ0n) is 15.1. The van der Waals surface area contributed by atoms with E-state index in [4.69, 9.17) is 14.6 Å². The Labute approximate surface area is 193 Å². The molecule has 0 aliphatic heterocycles. The third kappa shape index (κ3) is 6.28. The van der Waals surface area contributed by atoms with Gasteiger partial charge in [-0.25, -0.2) is 9.78 Å². The van der Waals surface area contributed by atoms with Crippen LogP contribution < -0.4 is 66.2 Å². The molecule has 7 nitrogen and oxygen atoms in total. The Kier molecular flexibility index (Phi) is 9.47. The van der Waals surface area contributed by atoms with Crippen LogP contribution in [0.15, 0.2) is 41.6 Å². The molecule has 0 aliphatic rings. The van der Waals surface area contributed by atoms with Crippen LogP contribution in [0.1, 0.15) is 11.8 Å². The van der Waals surface area contributed by atoms with Crippen molar-refractivity contribution in [2.45, 2.75) is 5.03 Å². The largest absolute Gasteiger partial charge is 1.00 e. The Bertz CT molecular complexity index is 763. The van der Waals surface area contributed by atoms with Crippen LogP contribution >= 0.6 is 11.8 Å². The molecule has 0 aliphatic carbocycles. The summed E-state index contributed by atoms with van der Waals surface area (Å²) < 4.78 is 10.4. The second kappa shape index (κ2) is 10.8. The second-order valence-corrected chi connectivity index (χ2v) is 5.60. The monoisotopic (exact) mass is 388 g/mol. The van der Waals surface area contributed by atoms with Crippen molar-refractivity contribution < 1.29 is 77.0 Å². The van der Waals surface area contributed by atoms with Crippen LogP contribution in [0.5, 0.6) is 11.5 Å². The van der Waals surface area contributed by atoms with E-state index in [1.54, 1.807) is 25.3 Å². The minimum absolute atomic E-state index is 0. The number of nitrogens with one attached hydrogen (secondary N) is 1. The van der Waals surface area contributed by atoms with Gasteiger partial charge in [0.2, 0.25) is 5.12 Å². The molecule has 1 aromatic heterocycles. The predicted molar refractivity (Wildman–Crippen MR) is 91.2 cm³/mol. The van der Waals surface area contributed by atoms with Crippen molar-refractivity contribution in [3.05, 3.63) is 42.1 Å². The Morgan fingerprint density at radius 1 is 1.28 bits per heavy atom. The predicted octanol–water partition coefficient (Wildman–Crippen LogP) is -0.356. The van der Waals surface area contributed by atoms with Gasteiger partial charge in [0, 0.05) is 12.3 Å². The molecule has 0 saturated carbocycles. The van der Waals surface area contributed by atoms with Crippen LogP contribution in [0.25, 0.3) is 0 Å². The quantitative estimate of drug-likeness (QED) is 0.490. The summed E-state index contributed by atoms with van der Waals surface area (Å²) in [5, 5.41) is 11.9. The molecule has 0 saturated heterocycles. The molecule has 1 aromatic carbocycles. The number of thioether (sulfide) groups is 1. The first-order chi connectivity index (χ1) is 11.5. The van der Waals surface area contributed by atoms with Crippen molar-refractivity contribution >= 4 is 28.5 Å². The van der Waals surface area contributed by atoms with E-state index in [1.165, 1.54) is 25.4 Å². The number of carboxylic acids is 1. The fourth-order valence-electron chi connectivity index (χ4n) is 1.90. The number of hydrogen-bond donors (Lipinski definition) is 2. The number of nitrogens with zero attached hydrogens (tertiary/aromatic N) is 1. The second-order valence-electron chi connectivity index (χ2n) is 4.56. The number of ether oxygens (including phenoxy) is 2. The zero-order valence-corrected chi connectivity index (χ0v) is 18.0. The Hall–Kier alpha value is -1.10. The Morgan fingerprint density at radius 3 is 2.68 bits per heavy atom. The van der Waals surface area contributed by atoms with Crippen LogP contribution in [-0.4, -0.2) is 41.9 Å². The average Bonchev–Trinajstić information content (AvgIpc) is 2.59. The minimum Gasteiger partial charge on any atom is -1.00 e. The van der Waals surface area contributed by atoms with Gasteiger partial charge in [0.15, 0.2) is 0 Å². The van der Waals surface area contributed by atoms with Crippen molar-refractivity contribution in [2.24, 2.45) is 0 Å². The molecule has 0 spiro atoms. The number of pyridine rings is 1. The fraction of sp³-hybridized carbons (Fsp3) is 0.188. The van der Waals surface area contributed by atoms with E-state index < -0.39 is 5.97 Å². The number of aromatic carboxylic acids is 1. The Morgan fingerprint density at radius 2 is 2.04 bits per heavy atom. The molecule has 128 valence electrons. The molecule has 9 heteroatoms. The zero-order chi connectivity index (χ0) is 17.5. The molecule has 25 heavy (non-hydrogen) atoms. The standard InChI is InChI=1S/C16H16N2O5S.K.H/c1-22-10-5-6-13(23-2)12(8-10)18-9-14(19)24-15-11(16(20)21)4-3-7-17-15;;/h3-8,18H,9H2,1-2H3,(H,20,21);;/q;+1;-1. The van der Waals surface area contributed by atoms with E-state index in [-0.39, 0.29) is 75.1 Å². The van der Waals surface area contributed by atoms with Gasteiger partial charge in [-0.3, -0.25) is 4.79 Å². The molecule has 2 N–H and O–H groups in total. The summed E-state index contributed by atoms with van der Waals surface area (Å²) in [6.07, 6.45) is 1.45. The summed E-state index contributed by atoms with van der Waals surface area (Å²) in [6.45, 7) is -0.0240. The van der Waals surface area contributed by atoms with Gasteiger partial charge < -0.3 is 21.3 Å². The SMILES string of the molecule is COc1ccc(OC)c(NCC(=O)Sc2ncccc2C(=O)O)c1.[H-].[K+]. The van der Waals surface area contributed by atoms with Gasteiger partial charge in [-0.15, -0.1) is 0 Å². The molecule has 0 amide bonds. The number of benzene rings is 1. The third-order valence-electron chi connectivity index (χ3n) is 3.04. The van der Waals surface area contributed by atoms with Gasteiger partial charge in [-0.05, 0) is 36.0 Å². The van der Waals surface area contributed by atoms with Crippen molar-refractivity contribution in [2.75, 3.05) is 26.1 Å². The molecule has 0 radical (unpaired) electrons. The normalized spacial score (nSPS) is 9.68. The van der Waals surface area contributed by atoms with E-state index in [0.717, 1.165) is 11.8 Å². The van der Waals surface area contributed by atoms with Gasteiger partial charge in [0.25, 0.3) is 0 Å². The first-order valence-electron chi connectivity index (χ1n) is 6.90. The summed E-state index contributed by atoms with van der Waals surface area (Å²) in [6, 6.07) is 8.09. The number of hydrogen-bond acceptors (Lipinski definition) is 7. The maximum absolute atomic E-state index is 12.1. The summed E-state index contributed by atoms with van der Waals surface area (Å²) in [7, 11) is 3.07. The molecular formula is C16H17KN2O5S. The van der Waals surface area contributed by atoms with E-state index >= 15 is 0 Å². The summed E-state index contributed by atoms with van der Waals surface area (Å²) in [5.74, 6) is 0.0646. The average molecular weight is 388 g/mol. The number of anilines is 1. The first kappa shape index (κ1) is 21.9. The number of methoxy groups -OCH3 is 2.